The van der Waals surface area contributed by atoms with E-state index in [2.05, 4.69) is 48.9 Å². The monoisotopic (exact) mass is 516 g/mol. The van der Waals surface area contributed by atoms with Gasteiger partial charge in [0.05, 0.1) is 12.2 Å². The summed E-state index contributed by atoms with van der Waals surface area (Å²) in [5, 5.41) is 19.3. The number of hydrogen-bond donors (Lipinski definition) is 3. The van der Waals surface area contributed by atoms with Gasteiger partial charge in [0.2, 0.25) is 0 Å². The molecule has 5 nitrogen and oxygen atoms in total. The fraction of sp³-hybridized carbons (Fsp3) is 0.524. The van der Waals surface area contributed by atoms with Gasteiger partial charge in [0, 0.05) is 30.6 Å². The van der Waals surface area contributed by atoms with Crippen LogP contribution in [-0.2, 0) is 6.54 Å². The molecule has 3 N–H and O–H groups in total. The molecule has 0 unspecified atom stereocenters. The SMILES string of the molecule is CCNC(=NCc1nc(-c2ccccc2)cs1)NCC(CC)(CC)CCO.I. The maximum Gasteiger partial charge on any atom is 0.191 e. The smallest absolute Gasteiger partial charge is 0.191 e. The maximum absolute atomic E-state index is 9.40. The number of aromatic nitrogens is 1. The normalized spacial score (nSPS) is 11.8. The molecule has 28 heavy (non-hydrogen) atoms. The summed E-state index contributed by atoms with van der Waals surface area (Å²) in [5.41, 5.74) is 2.24. The number of guanidine groups is 1. The van der Waals surface area contributed by atoms with Crippen LogP contribution in [0.4, 0.5) is 0 Å². The van der Waals surface area contributed by atoms with Crippen molar-refractivity contribution in [2.24, 2.45) is 10.4 Å². The summed E-state index contributed by atoms with van der Waals surface area (Å²) < 4.78 is 0. The van der Waals surface area contributed by atoms with Gasteiger partial charge in [0.1, 0.15) is 5.01 Å². The van der Waals surface area contributed by atoms with E-state index in [-0.39, 0.29) is 36.0 Å². The standard InChI is InChI=1S/C21H32N4OS.HI/c1-4-21(5-2,12-13-26)16-24-20(22-6-3)23-14-19-25-18(15-27-19)17-10-8-7-9-11-17;/h7-11,15,26H,4-6,12-14,16H2,1-3H3,(H2,22,23,24);1H. The predicted molar refractivity (Wildman–Crippen MR) is 131 cm³/mol. The Morgan fingerprint density at radius 3 is 2.46 bits per heavy atom. The lowest BCUT2D eigenvalue weighted by Crippen LogP contribution is -2.43. The summed E-state index contributed by atoms with van der Waals surface area (Å²) in [5.74, 6) is 0.804. The molecule has 0 radical (unpaired) electrons. The van der Waals surface area contributed by atoms with E-state index in [1.165, 1.54) is 0 Å². The number of nitrogens with zero attached hydrogens (tertiary/aromatic N) is 2. The van der Waals surface area contributed by atoms with Gasteiger partial charge < -0.3 is 15.7 Å². The summed E-state index contributed by atoms with van der Waals surface area (Å²) in [6.45, 7) is 8.83. The number of thiazole rings is 1. The van der Waals surface area contributed by atoms with Gasteiger partial charge in [0.25, 0.3) is 0 Å². The number of benzene rings is 1. The zero-order valence-electron chi connectivity index (χ0n) is 17.1. The van der Waals surface area contributed by atoms with E-state index in [9.17, 15) is 5.11 Å². The highest BCUT2D eigenvalue weighted by molar-refractivity contribution is 14.0. The lowest BCUT2D eigenvalue weighted by Gasteiger charge is -2.32. The molecule has 0 bridgehead atoms. The second kappa shape index (κ2) is 13.1. The van der Waals surface area contributed by atoms with Crippen LogP contribution < -0.4 is 10.6 Å². The van der Waals surface area contributed by atoms with Crippen LogP contribution in [-0.4, -0.2) is 35.7 Å². The van der Waals surface area contributed by atoms with Crippen LogP contribution in [0.5, 0.6) is 0 Å². The lowest BCUT2D eigenvalue weighted by molar-refractivity contribution is 0.169. The first-order chi connectivity index (χ1) is 13.2. The quantitative estimate of drug-likeness (QED) is 0.244. The Bertz CT molecular complexity index is 701. The lowest BCUT2D eigenvalue weighted by atomic mass is 9.79. The first-order valence-electron chi connectivity index (χ1n) is 9.79. The largest absolute Gasteiger partial charge is 0.396 e. The van der Waals surface area contributed by atoms with Gasteiger partial charge in [0.15, 0.2) is 5.96 Å². The number of hydrogen-bond acceptors (Lipinski definition) is 4. The summed E-state index contributed by atoms with van der Waals surface area (Å²) in [4.78, 5) is 9.41. The Labute approximate surface area is 190 Å². The number of rotatable bonds is 10. The van der Waals surface area contributed by atoms with Crippen molar-refractivity contribution in [3.8, 4) is 11.3 Å². The molecule has 1 aromatic heterocycles. The maximum atomic E-state index is 9.40. The predicted octanol–water partition coefficient (Wildman–Crippen LogP) is 4.67. The Morgan fingerprint density at radius 2 is 1.86 bits per heavy atom. The molecule has 0 aliphatic rings. The Hall–Kier alpha value is -1.19. The molecule has 2 aromatic rings. The molecule has 0 spiro atoms. The summed E-state index contributed by atoms with van der Waals surface area (Å²) >= 11 is 1.64. The van der Waals surface area contributed by atoms with Gasteiger partial charge in [-0.15, -0.1) is 35.3 Å². The Morgan fingerprint density at radius 1 is 1.14 bits per heavy atom. The third-order valence-corrected chi connectivity index (χ3v) is 5.94. The number of halogens is 1. The topological polar surface area (TPSA) is 69.5 Å². The van der Waals surface area contributed by atoms with Crippen molar-refractivity contribution in [1.29, 1.82) is 0 Å². The van der Waals surface area contributed by atoms with Gasteiger partial charge in [-0.3, -0.25) is 0 Å². The molecule has 1 heterocycles. The van der Waals surface area contributed by atoms with Gasteiger partial charge in [-0.1, -0.05) is 44.2 Å². The minimum absolute atomic E-state index is 0. The van der Waals surface area contributed by atoms with E-state index in [0.717, 1.165) is 54.6 Å². The zero-order chi connectivity index (χ0) is 19.5. The first kappa shape index (κ1) is 24.8. The molecule has 0 aliphatic carbocycles. The molecule has 2 rings (SSSR count). The minimum Gasteiger partial charge on any atom is -0.396 e. The second-order valence-electron chi connectivity index (χ2n) is 6.72. The molecule has 0 saturated carbocycles. The number of aliphatic hydroxyl groups is 1. The molecule has 7 heteroatoms. The van der Waals surface area contributed by atoms with Crippen molar-refractivity contribution in [3.63, 3.8) is 0 Å². The highest BCUT2D eigenvalue weighted by Crippen LogP contribution is 2.29. The van der Waals surface area contributed by atoms with Crippen molar-refractivity contribution >= 4 is 41.3 Å². The summed E-state index contributed by atoms with van der Waals surface area (Å²) in [6.07, 6.45) is 2.87. The van der Waals surface area contributed by atoms with E-state index in [1.54, 1.807) is 11.3 Å². The van der Waals surface area contributed by atoms with Crippen LogP contribution in [0.15, 0.2) is 40.7 Å². The first-order valence-corrected chi connectivity index (χ1v) is 10.7. The fourth-order valence-corrected chi connectivity index (χ4v) is 3.79. The Balaban J connectivity index is 0.00000392. The molecule has 0 atom stereocenters. The average molecular weight is 516 g/mol. The molecule has 0 aliphatic heterocycles. The van der Waals surface area contributed by atoms with Crippen molar-refractivity contribution in [2.75, 3.05) is 19.7 Å². The number of nitrogens with one attached hydrogen (secondary N) is 2. The second-order valence-corrected chi connectivity index (χ2v) is 7.66. The van der Waals surface area contributed by atoms with Crippen molar-refractivity contribution in [2.45, 2.75) is 46.6 Å². The van der Waals surface area contributed by atoms with Gasteiger partial charge in [-0.2, -0.15) is 0 Å². The zero-order valence-corrected chi connectivity index (χ0v) is 20.2. The van der Waals surface area contributed by atoms with Crippen molar-refractivity contribution < 1.29 is 5.11 Å². The molecule has 0 amide bonds. The van der Waals surface area contributed by atoms with E-state index >= 15 is 0 Å². The van der Waals surface area contributed by atoms with Gasteiger partial charge in [-0.25, -0.2) is 9.98 Å². The van der Waals surface area contributed by atoms with Crippen LogP contribution >= 0.6 is 35.3 Å². The molecule has 1 aromatic carbocycles. The Kier molecular flexibility index (Phi) is 11.6. The van der Waals surface area contributed by atoms with E-state index in [1.807, 2.05) is 18.2 Å². The van der Waals surface area contributed by atoms with Gasteiger partial charge in [-0.05, 0) is 31.6 Å². The molecule has 0 fully saturated rings. The average Bonchev–Trinajstić information content (AvgIpc) is 3.19. The fourth-order valence-electron chi connectivity index (χ4n) is 3.06. The van der Waals surface area contributed by atoms with E-state index in [4.69, 9.17) is 9.98 Å². The number of aliphatic imine (C=N–C) groups is 1. The molecular weight excluding hydrogens is 483 g/mol. The highest BCUT2D eigenvalue weighted by atomic mass is 127. The molecular formula is C21H33IN4OS. The van der Waals surface area contributed by atoms with Crippen molar-refractivity contribution in [1.82, 2.24) is 15.6 Å². The van der Waals surface area contributed by atoms with E-state index in [0.29, 0.717) is 6.54 Å². The van der Waals surface area contributed by atoms with Crippen LogP contribution in [0.1, 0.15) is 45.0 Å². The van der Waals surface area contributed by atoms with Crippen LogP contribution in [0.2, 0.25) is 0 Å². The summed E-state index contributed by atoms with van der Waals surface area (Å²) in [6, 6.07) is 10.2. The molecule has 156 valence electrons. The van der Waals surface area contributed by atoms with Crippen LogP contribution in [0.3, 0.4) is 0 Å². The third-order valence-electron chi connectivity index (χ3n) is 5.11. The minimum atomic E-state index is 0. The third kappa shape index (κ3) is 7.33. The van der Waals surface area contributed by atoms with Crippen molar-refractivity contribution in [3.05, 3.63) is 40.7 Å². The highest BCUT2D eigenvalue weighted by Gasteiger charge is 2.25. The number of aliphatic hydroxyl groups excluding tert-OH is 1. The van der Waals surface area contributed by atoms with Gasteiger partial charge >= 0.3 is 0 Å². The van der Waals surface area contributed by atoms with Crippen LogP contribution in [0, 0.1) is 5.41 Å². The van der Waals surface area contributed by atoms with E-state index < -0.39 is 0 Å². The molecule has 0 saturated heterocycles. The summed E-state index contributed by atoms with van der Waals surface area (Å²) in [7, 11) is 0. The van der Waals surface area contributed by atoms with Crippen LogP contribution in [0.25, 0.3) is 11.3 Å².